The summed E-state index contributed by atoms with van der Waals surface area (Å²) >= 11 is 5.91. The molecular formula is C12H16ClN3O. The molecule has 1 aromatic rings. The molecule has 1 amide bonds. The van der Waals surface area contributed by atoms with Crippen LogP contribution < -0.4 is 10.2 Å². The first kappa shape index (κ1) is 12.2. The number of amides is 1. The highest BCUT2D eigenvalue weighted by atomic mass is 35.5. The molecule has 0 unspecified atom stereocenters. The third kappa shape index (κ3) is 2.36. The first-order chi connectivity index (χ1) is 7.99. The van der Waals surface area contributed by atoms with Crippen LogP contribution in [0.4, 0.5) is 11.5 Å². The number of carbonyl (C=O) groups is 1. The van der Waals surface area contributed by atoms with E-state index in [0.717, 1.165) is 18.1 Å². The Labute approximate surface area is 106 Å². The van der Waals surface area contributed by atoms with Gasteiger partial charge in [0.2, 0.25) is 5.91 Å². The van der Waals surface area contributed by atoms with Gasteiger partial charge >= 0.3 is 0 Å². The van der Waals surface area contributed by atoms with E-state index in [4.69, 9.17) is 11.6 Å². The molecule has 0 aromatic carbocycles. The van der Waals surface area contributed by atoms with Gasteiger partial charge in [-0.15, -0.1) is 0 Å². The SMILES string of the molecule is CC(C)CN1c2nc(Cl)ccc2NC(=O)[C@H]1C. The quantitative estimate of drug-likeness (QED) is 0.824. The predicted molar refractivity (Wildman–Crippen MR) is 69.5 cm³/mol. The van der Waals surface area contributed by atoms with Crippen LogP contribution in [0.25, 0.3) is 0 Å². The molecule has 2 rings (SSSR count). The molecule has 5 heteroatoms. The van der Waals surface area contributed by atoms with Gasteiger partial charge in [0.15, 0.2) is 5.82 Å². The molecule has 0 saturated heterocycles. The molecule has 0 aliphatic carbocycles. The molecule has 0 bridgehead atoms. The maximum absolute atomic E-state index is 11.8. The molecule has 0 fully saturated rings. The standard InChI is InChI=1S/C12H16ClN3O/c1-7(2)6-16-8(3)12(17)14-9-4-5-10(13)15-11(9)16/h4-5,7-8H,6H2,1-3H3,(H,14,17)/t8-/m1/s1. The zero-order valence-corrected chi connectivity index (χ0v) is 11.0. The van der Waals surface area contributed by atoms with Crippen LogP contribution in [0, 0.1) is 5.92 Å². The summed E-state index contributed by atoms with van der Waals surface area (Å²) in [6, 6.07) is 3.27. The average Bonchev–Trinajstić information content (AvgIpc) is 2.25. The highest BCUT2D eigenvalue weighted by molar-refractivity contribution is 6.29. The molecule has 0 radical (unpaired) electrons. The highest BCUT2D eigenvalue weighted by Crippen LogP contribution is 2.31. The second-order valence-corrected chi connectivity index (χ2v) is 5.10. The van der Waals surface area contributed by atoms with Gasteiger partial charge < -0.3 is 10.2 Å². The normalized spacial score (nSPS) is 19.2. The fourth-order valence-corrected chi connectivity index (χ4v) is 2.08. The fraction of sp³-hybridized carbons (Fsp3) is 0.500. The van der Waals surface area contributed by atoms with Crippen LogP contribution in [0.1, 0.15) is 20.8 Å². The van der Waals surface area contributed by atoms with Crippen LogP contribution in [-0.2, 0) is 4.79 Å². The first-order valence-corrected chi connectivity index (χ1v) is 6.11. The molecule has 1 aromatic heterocycles. The van der Waals surface area contributed by atoms with Crippen molar-refractivity contribution < 1.29 is 4.79 Å². The summed E-state index contributed by atoms with van der Waals surface area (Å²) < 4.78 is 0. The minimum atomic E-state index is -0.212. The number of halogens is 1. The number of aromatic nitrogens is 1. The monoisotopic (exact) mass is 253 g/mol. The molecule has 1 N–H and O–H groups in total. The summed E-state index contributed by atoms with van der Waals surface area (Å²) in [5.41, 5.74) is 0.734. The Balaban J connectivity index is 2.43. The largest absolute Gasteiger partial charge is 0.343 e. The fourth-order valence-electron chi connectivity index (χ4n) is 1.94. The van der Waals surface area contributed by atoms with Gasteiger partial charge in [0.1, 0.15) is 11.2 Å². The molecule has 1 aliphatic rings. The predicted octanol–water partition coefficient (Wildman–Crippen LogP) is 2.54. The van der Waals surface area contributed by atoms with E-state index in [9.17, 15) is 4.79 Å². The highest BCUT2D eigenvalue weighted by Gasteiger charge is 2.30. The summed E-state index contributed by atoms with van der Waals surface area (Å²) in [5.74, 6) is 1.22. The molecule has 17 heavy (non-hydrogen) atoms. The number of carbonyl (C=O) groups excluding carboxylic acids is 1. The Morgan fingerprint density at radius 1 is 1.53 bits per heavy atom. The van der Waals surface area contributed by atoms with Gasteiger partial charge in [-0.3, -0.25) is 4.79 Å². The van der Waals surface area contributed by atoms with Crippen LogP contribution in [0.2, 0.25) is 5.15 Å². The van der Waals surface area contributed by atoms with Gasteiger partial charge in [-0.2, -0.15) is 0 Å². The van der Waals surface area contributed by atoms with Crippen LogP contribution >= 0.6 is 11.6 Å². The molecule has 1 atom stereocenters. The van der Waals surface area contributed by atoms with Gasteiger partial charge in [0.05, 0.1) is 5.69 Å². The Kier molecular flexibility index (Phi) is 3.24. The maximum Gasteiger partial charge on any atom is 0.246 e. The van der Waals surface area contributed by atoms with Crippen molar-refractivity contribution in [2.75, 3.05) is 16.8 Å². The van der Waals surface area contributed by atoms with Crippen molar-refractivity contribution in [2.45, 2.75) is 26.8 Å². The number of hydrogen-bond donors (Lipinski definition) is 1. The number of hydrogen-bond acceptors (Lipinski definition) is 3. The number of fused-ring (bicyclic) bond motifs is 1. The molecule has 2 heterocycles. The lowest BCUT2D eigenvalue weighted by Crippen LogP contribution is -2.48. The van der Waals surface area contributed by atoms with Crippen molar-refractivity contribution in [1.29, 1.82) is 0 Å². The first-order valence-electron chi connectivity index (χ1n) is 5.73. The number of anilines is 2. The van der Waals surface area contributed by atoms with Crippen molar-refractivity contribution in [2.24, 2.45) is 5.92 Å². The second kappa shape index (κ2) is 4.53. The Morgan fingerprint density at radius 3 is 2.88 bits per heavy atom. The van der Waals surface area contributed by atoms with E-state index < -0.39 is 0 Å². The van der Waals surface area contributed by atoms with E-state index in [1.807, 2.05) is 11.8 Å². The minimum absolute atomic E-state index is 0.00210. The van der Waals surface area contributed by atoms with Crippen molar-refractivity contribution in [3.05, 3.63) is 17.3 Å². The van der Waals surface area contributed by atoms with Crippen LogP contribution in [0.5, 0.6) is 0 Å². The Morgan fingerprint density at radius 2 is 2.24 bits per heavy atom. The lowest BCUT2D eigenvalue weighted by Gasteiger charge is -2.36. The van der Waals surface area contributed by atoms with Crippen molar-refractivity contribution in [3.8, 4) is 0 Å². The average molecular weight is 254 g/mol. The topological polar surface area (TPSA) is 45.2 Å². The zero-order valence-electron chi connectivity index (χ0n) is 10.2. The van der Waals surface area contributed by atoms with Gasteiger partial charge in [-0.1, -0.05) is 25.4 Å². The Hall–Kier alpha value is -1.29. The minimum Gasteiger partial charge on any atom is -0.343 e. The van der Waals surface area contributed by atoms with Gasteiger partial charge in [0, 0.05) is 6.54 Å². The van der Waals surface area contributed by atoms with E-state index in [1.54, 1.807) is 12.1 Å². The number of nitrogens with one attached hydrogen (secondary N) is 1. The number of pyridine rings is 1. The molecule has 1 aliphatic heterocycles. The summed E-state index contributed by atoms with van der Waals surface area (Å²) in [4.78, 5) is 18.1. The van der Waals surface area contributed by atoms with E-state index >= 15 is 0 Å². The van der Waals surface area contributed by atoms with Gasteiger partial charge in [0.25, 0.3) is 0 Å². The molecule has 4 nitrogen and oxygen atoms in total. The van der Waals surface area contributed by atoms with E-state index in [2.05, 4.69) is 24.1 Å². The summed E-state index contributed by atoms with van der Waals surface area (Å²) in [6.45, 7) is 6.89. The van der Waals surface area contributed by atoms with E-state index in [0.29, 0.717) is 11.1 Å². The zero-order chi connectivity index (χ0) is 12.6. The third-order valence-corrected chi connectivity index (χ3v) is 2.99. The van der Waals surface area contributed by atoms with Crippen molar-refractivity contribution in [1.82, 2.24) is 4.98 Å². The van der Waals surface area contributed by atoms with Crippen LogP contribution in [-0.4, -0.2) is 23.5 Å². The molecule has 0 saturated carbocycles. The number of rotatable bonds is 2. The lowest BCUT2D eigenvalue weighted by atomic mass is 10.1. The van der Waals surface area contributed by atoms with Gasteiger partial charge in [-0.25, -0.2) is 4.98 Å². The number of nitrogens with zero attached hydrogens (tertiary/aromatic N) is 2. The Bertz CT molecular complexity index is 447. The smallest absolute Gasteiger partial charge is 0.246 e. The lowest BCUT2D eigenvalue weighted by molar-refractivity contribution is -0.117. The van der Waals surface area contributed by atoms with Gasteiger partial charge in [-0.05, 0) is 25.0 Å². The van der Waals surface area contributed by atoms with Crippen molar-refractivity contribution in [3.63, 3.8) is 0 Å². The molecular weight excluding hydrogens is 238 g/mol. The summed E-state index contributed by atoms with van der Waals surface area (Å²) in [6.07, 6.45) is 0. The molecule has 0 spiro atoms. The van der Waals surface area contributed by atoms with Crippen LogP contribution in [0.15, 0.2) is 12.1 Å². The van der Waals surface area contributed by atoms with E-state index in [-0.39, 0.29) is 11.9 Å². The van der Waals surface area contributed by atoms with Crippen LogP contribution in [0.3, 0.4) is 0 Å². The van der Waals surface area contributed by atoms with Crippen molar-refractivity contribution >= 4 is 29.0 Å². The second-order valence-electron chi connectivity index (χ2n) is 4.72. The third-order valence-electron chi connectivity index (χ3n) is 2.78. The summed E-state index contributed by atoms with van der Waals surface area (Å²) in [5, 5.41) is 3.28. The molecule has 92 valence electrons. The summed E-state index contributed by atoms with van der Waals surface area (Å²) in [7, 11) is 0. The van der Waals surface area contributed by atoms with E-state index in [1.165, 1.54) is 0 Å². The maximum atomic E-state index is 11.8.